The van der Waals surface area contributed by atoms with Crippen LogP contribution in [-0.2, 0) is 9.53 Å². The molecule has 0 spiro atoms. The number of ether oxygens (including phenoxy) is 1. The van der Waals surface area contributed by atoms with Crippen LogP contribution >= 0.6 is 17.0 Å². The summed E-state index contributed by atoms with van der Waals surface area (Å²) >= 11 is 0. The van der Waals surface area contributed by atoms with Crippen molar-refractivity contribution in [2.45, 2.75) is 26.3 Å². The molecule has 3 nitrogen and oxygen atoms in total. The molecule has 0 saturated heterocycles. The average Bonchev–Trinajstić information content (AvgIpc) is 1.85. The first kappa shape index (κ1) is 13.5. The van der Waals surface area contributed by atoms with Crippen molar-refractivity contribution in [3.63, 3.8) is 0 Å². The van der Waals surface area contributed by atoms with Crippen molar-refractivity contribution < 1.29 is 9.53 Å². The van der Waals surface area contributed by atoms with E-state index in [0.29, 0.717) is 12.3 Å². The summed E-state index contributed by atoms with van der Waals surface area (Å²) < 4.78 is 4.45. The average molecular weight is 226 g/mol. The Kier molecular flexibility index (Phi) is 8.11. The van der Waals surface area contributed by atoms with E-state index in [0.717, 1.165) is 0 Å². The van der Waals surface area contributed by atoms with Crippen LogP contribution in [0.1, 0.15) is 20.3 Å². The molecule has 2 N–H and O–H groups in total. The van der Waals surface area contributed by atoms with Crippen LogP contribution in [0.2, 0.25) is 0 Å². The zero-order chi connectivity index (χ0) is 8.15. The number of carbonyl (C=O) groups is 1. The van der Waals surface area contributed by atoms with Gasteiger partial charge in [0.2, 0.25) is 0 Å². The summed E-state index contributed by atoms with van der Waals surface area (Å²) in [6, 6.07) is -0.454. The van der Waals surface area contributed by atoms with E-state index in [-0.39, 0.29) is 23.0 Å². The van der Waals surface area contributed by atoms with Gasteiger partial charge in [-0.15, -0.1) is 17.0 Å². The number of esters is 1. The lowest BCUT2D eigenvalue weighted by atomic mass is 10.1. The van der Waals surface area contributed by atoms with E-state index >= 15 is 0 Å². The van der Waals surface area contributed by atoms with E-state index in [9.17, 15) is 4.79 Å². The molecule has 0 heterocycles. The van der Waals surface area contributed by atoms with Gasteiger partial charge in [0.05, 0.1) is 7.11 Å². The van der Waals surface area contributed by atoms with Gasteiger partial charge in [0, 0.05) is 0 Å². The largest absolute Gasteiger partial charge is 0.468 e. The molecule has 11 heavy (non-hydrogen) atoms. The van der Waals surface area contributed by atoms with E-state index in [4.69, 9.17) is 5.73 Å². The van der Waals surface area contributed by atoms with Crippen LogP contribution < -0.4 is 5.73 Å². The molecule has 0 aliphatic heterocycles. The van der Waals surface area contributed by atoms with Crippen molar-refractivity contribution in [1.82, 2.24) is 0 Å². The molecule has 0 radical (unpaired) electrons. The Bertz CT molecular complexity index is 117. The van der Waals surface area contributed by atoms with Crippen LogP contribution in [0.3, 0.4) is 0 Å². The second-order valence-corrected chi connectivity index (χ2v) is 2.76. The molecular formula is C7H16BrNO2. The van der Waals surface area contributed by atoms with Gasteiger partial charge in [-0.05, 0) is 12.3 Å². The summed E-state index contributed by atoms with van der Waals surface area (Å²) in [5, 5.41) is 0. The maximum absolute atomic E-state index is 10.7. The minimum atomic E-state index is -0.454. The minimum absolute atomic E-state index is 0. The fourth-order valence-electron chi connectivity index (χ4n) is 0.755. The first-order chi connectivity index (χ1) is 4.57. The van der Waals surface area contributed by atoms with Gasteiger partial charge in [0.1, 0.15) is 6.04 Å². The maximum atomic E-state index is 10.7. The summed E-state index contributed by atoms with van der Waals surface area (Å²) in [6.45, 7) is 4.03. The van der Waals surface area contributed by atoms with Crippen molar-refractivity contribution in [2.24, 2.45) is 11.7 Å². The number of methoxy groups -OCH3 is 1. The highest BCUT2D eigenvalue weighted by Gasteiger charge is 2.14. The van der Waals surface area contributed by atoms with Crippen molar-refractivity contribution in [3.8, 4) is 0 Å². The number of rotatable bonds is 3. The molecule has 1 atom stereocenters. The minimum Gasteiger partial charge on any atom is -0.468 e. The third-order valence-electron chi connectivity index (χ3n) is 1.23. The molecule has 0 aliphatic carbocycles. The Morgan fingerprint density at radius 2 is 2.00 bits per heavy atom. The van der Waals surface area contributed by atoms with Gasteiger partial charge in [-0.1, -0.05) is 13.8 Å². The Labute approximate surface area is 78.1 Å². The highest BCUT2D eigenvalue weighted by atomic mass is 79.9. The SMILES string of the molecule is Br.COC(=O)C(N)CC(C)C. The topological polar surface area (TPSA) is 52.3 Å². The Morgan fingerprint density at radius 3 is 2.27 bits per heavy atom. The summed E-state index contributed by atoms with van der Waals surface area (Å²) in [6.07, 6.45) is 0.687. The van der Waals surface area contributed by atoms with Gasteiger partial charge >= 0.3 is 5.97 Å². The van der Waals surface area contributed by atoms with E-state index < -0.39 is 6.04 Å². The summed E-state index contributed by atoms with van der Waals surface area (Å²) in [7, 11) is 1.35. The molecule has 4 heteroatoms. The second-order valence-electron chi connectivity index (χ2n) is 2.76. The van der Waals surface area contributed by atoms with Gasteiger partial charge < -0.3 is 10.5 Å². The van der Waals surface area contributed by atoms with E-state index in [1.165, 1.54) is 7.11 Å². The van der Waals surface area contributed by atoms with Crippen LogP contribution in [0.15, 0.2) is 0 Å². The van der Waals surface area contributed by atoms with E-state index in [1.807, 2.05) is 13.8 Å². The standard InChI is InChI=1S/C7H15NO2.BrH/c1-5(2)4-6(8)7(9)10-3;/h5-6H,4,8H2,1-3H3;1H. The number of carbonyl (C=O) groups excluding carboxylic acids is 1. The highest BCUT2D eigenvalue weighted by molar-refractivity contribution is 8.93. The second kappa shape index (κ2) is 6.61. The van der Waals surface area contributed by atoms with Gasteiger partial charge in [-0.2, -0.15) is 0 Å². The molecule has 0 aromatic heterocycles. The Morgan fingerprint density at radius 1 is 1.55 bits per heavy atom. The first-order valence-electron chi connectivity index (χ1n) is 3.41. The van der Waals surface area contributed by atoms with Gasteiger partial charge in [0.25, 0.3) is 0 Å². The molecule has 0 fully saturated rings. The van der Waals surface area contributed by atoms with Crippen molar-refractivity contribution in [2.75, 3.05) is 7.11 Å². The Balaban J connectivity index is 0. The van der Waals surface area contributed by atoms with Crippen molar-refractivity contribution in [3.05, 3.63) is 0 Å². The molecule has 0 aromatic rings. The predicted molar refractivity (Wildman–Crippen MR) is 49.8 cm³/mol. The van der Waals surface area contributed by atoms with Gasteiger partial charge in [0.15, 0.2) is 0 Å². The van der Waals surface area contributed by atoms with Crippen molar-refractivity contribution in [1.29, 1.82) is 0 Å². The van der Waals surface area contributed by atoms with Crippen molar-refractivity contribution >= 4 is 23.0 Å². The molecule has 0 bridgehead atoms. The molecule has 0 amide bonds. The third-order valence-corrected chi connectivity index (χ3v) is 1.23. The maximum Gasteiger partial charge on any atom is 0.322 e. The zero-order valence-electron chi connectivity index (χ0n) is 7.16. The molecule has 0 aromatic carbocycles. The van der Waals surface area contributed by atoms with Crippen LogP contribution in [0.4, 0.5) is 0 Å². The number of hydrogen-bond acceptors (Lipinski definition) is 3. The predicted octanol–water partition coefficient (Wildman–Crippen LogP) is 1.11. The lowest BCUT2D eigenvalue weighted by molar-refractivity contribution is -0.142. The van der Waals surface area contributed by atoms with E-state index in [2.05, 4.69) is 4.74 Å². The van der Waals surface area contributed by atoms with Gasteiger partial charge in [-0.3, -0.25) is 4.79 Å². The summed E-state index contributed by atoms with van der Waals surface area (Å²) in [4.78, 5) is 10.7. The summed E-state index contributed by atoms with van der Waals surface area (Å²) in [5.74, 6) is 0.114. The number of nitrogens with two attached hydrogens (primary N) is 1. The molecule has 1 unspecified atom stereocenters. The van der Waals surface area contributed by atoms with Crippen LogP contribution in [0.5, 0.6) is 0 Å². The molecule has 0 saturated carbocycles. The van der Waals surface area contributed by atoms with Crippen LogP contribution in [0.25, 0.3) is 0 Å². The highest BCUT2D eigenvalue weighted by Crippen LogP contribution is 2.02. The fraction of sp³-hybridized carbons (Fsp3) is 0.857. The van der Waals surface area contributed by atoms with E-state index in [1.54, 1.807) is 0 Å². The molecule has 0 aliphatic rings. The first-order valence-corrected chi connectivity index (χ1v) is 3.41. The monoisotopic (exact) mass is 225 g/mol. The number of halogens is 1. The number of hydrogen-bond donors (Lipinski definition) is 1. The lowest BCUT2D eigenvalue weighted by Gasteiger charge is -2.10. The quantitative estimate of drug-likeness (QED) is 0.733. The molecule has 0 rings (SSSR count). The normalized spacial score (nSPS) is 12.1. The van der Waals surface area contributed by atoms with Gasteiger partial charge in [-0.25, -0.2) is 0 Å². The van der Waals surface area contributed by atoms with Crippen LogP contribution in [0, 0.1) is 5.92 Å². The third kappa shape index (κ3) is 6.31. The summed E-state index contributed by atoms with van der Waals surface area (Å²) in [5.41, 5.74) is 5.45. The molecular weight excluding hydrogens is 210 g/mol. The van der Waals surface area contributed by atoms with Crippen LogP contribution in [-0.4, -0.2) is 19.1 Å². The molecule has 68 valence electrons. The smallest absolute Gasteiger partial charge is 0.322 e. The Hall–Kier alpha value is -0.0900. The zero-order valence-corrected chi connectivity index (χ0v) is 8.88. The lowest BCUT2D eigenvalue weighted by Crippen LogP contribution is -2.32. The fourth-order valence-corrected chi connectivity index (χ4v) is 0.755.